The number of carbonyl (C=O) groups excluding carboxylic acids is 2. The molecule has 252 valence electrons. The first-order valence-electron chi connectivity index (χ1n) is 14.7. The average molecular weight is 695 g/mol. The Morgan fingerprint density at radius 2 is 1.31 bits per heavy atom. The molecule has 0 heterocycles. The van der Waals surface area contributed by atoms with Crippen LogP contribution in [0.25, 0.3) is 0 Å². The molecule has 0 radical (unpaired) electrons. The van der Waals surface area contributed by atoms with Gasteiger partial charge in [-0.1, -0.05) is 30.3 Å². The van der Waals surface area contributed by atoms with Crippen molar-refractivity contribution in [2.45, 2.75) is 30.6 Å². The number of benzene rings is 4. The molecule has 1 aliphatic carbocycles. The number of carbonyl (C=O) groups is 2. The minimum atomic E-state index is -4.04. The van der Waals surface area contributed by atoms with Gasteiger partial charge in [0.2, 0.25) is 20.0 Å². The van der Waals surface area contributed by atoms with Gasteiger partial charge in [-0.25, -0.2) is 26.3 Å². The number of ketones is 2. The van der Waals surface area contributed by atoms with Crippen LogP contribution in [0.3, 0.4) is 0 Å². The fourth-order valence-electron chi connectivity index (χ4n) is 5.71. The van der Waals surface area contributed by atoms with Crippen LogP contribution in [-0.4, -0.2) is 64.9 Å². The number of aryl methyl sites for hydroxylation is 2. The van der Waals surface area contributed by atoms with E-state index in [0.29, 0.717) is 22.4 Å². The van der Waals surface area contributed by atoms with Crippen LogP contribution in [0.15, 0.2) is 70.5 Å². The van der Waals surface area contributed by atoms with Crippen molar-refractivity contribution < 1.29 is 41.4 Å². The SMILES string of the molecule is Cc1cc(C)c(S(=O)(=O)NCCO)c(C)c1Nc1cc(Oc2ccc(S(=O)(=O)NCCO)cc2)c(N)c2c1C(=O)c1ccccc1C2=O. The van der Waals surface area contributed by atoms with Gasteiger partial charge in [0.25, 0.3) is 0 Å². The standard InChI is InChI=1S/C33H34N4O9S2/c1-18-16-19(2)33(48(44,45)36-13-15-39)20(3)30(18)37-25-17-26(46-21-8-10-22(11-9-21)47(42,43)35-12-14-38)29(34)28-27(25)31(40)23-6-4-5-7-24(23)32(28)41/h4-11,16-17,35-39H,12-15,34H2,1-3H3. The third-order valence-electron chi connectivity index (χ3n) is 7.80. The smallest absolute Gasteiger partial charge is 0.241 e. The van der Waals surface area contributed by atoms with E-state index in [4.69, 9.17) is 15.6 Å². The zero-order valence-electron chi connectivity index (χ0n) is 26.2. The van der Waals surface area contributed by atoms with Crippen LogP contribution in [-0.2, 0) is 20.0 Å². The number of rotatable bonds is 12. The van der Waals surface area contributed by atoms with Crippen molar-refractivity contribution in [1.29, 1.82) is 0 Å². The van der Waals surface area contributed by atoms with Gasteiger partial charge in [0.15, 0.2) is 17.3 Å². The molecule has 0 amide bonds. The zero-order valence-corrected chi connectivity index (χ0v) is 27.9. The molecule has 0 aromatic heterocycles. The molecule has 7 N–H and O–H groups in total. The minimum Gasteiger partial charge on any atom is -0.455 e. The Labute approximate surface area is 277 Å². The van der Waals surface area contributed by atoms with Gasteiger partial charge in [-0.3, -0.25) is 9.59 Å². The molecule has 0 saturated carbocycles. The normalized spacial score (nSPS) is 12.9. The molecular formula is C33H34N4O9S2. The summed E-state index contributed by atoms with van der Waals surface area (Å²) >= 11 is 0. The molecule has 48 heavy (non-hydrogen) atoms. The maximum atomic E-state index is 14.0. The Bertz CT molecular complexity index is 2170. The Hall–Kier alpha value is -4.64. The fourth-order valence-corrected chi connectivity index (χ4v) is 8.23. The van der Waals surface area contributed by atoms with Crippen LogP contribution in [0.2, 0.25) is 0 Å². The Morgan fingerprint density at radius 3 is 1.90 bits per heavy atom. The van der Waals surface area contributed by atoms with Gasteiger partial charge < -0.3 is 26.0 Å². The molecule has 4 aromatic rings. The van der Waals surface area contributed by atoms with E-state index in [9.17, 15) is 31.5 Å². The van der Waals surface area contributed by atoms with E-state index in [-0.39, 0.29) is 74.6 Å². The third-order valence-corrected chi connectivity index (χ3v) is 11.0. The van der Waals surface area contributed by atoms with Crippen molar-refractivity contribution in [1.82, 2.24) is 9.44 Å². The summed E-state index contributed by atoms with van der Waals surface area (Å²) in [6.45, 7) is 3.88. The summed E-state index contributed by atoms with van der Waals surface area (Å²) in [5.74, 6) is -0.859. The van der Waals surface area contributed by atoms with Gasteiger partial charge in [-0.2, -0.15) is 0 Å². The molecule has 0 bridgehead atoms. The lowest BCUT2D eigenvalue weighted by molar-refractivity contribution is 0.0980. The number of nitrogen functional groups attached to an aromatic ring is 1. The summed E-state index contributed by atoms with van der Waals surface area (Å²) in [7, 11) is -7.93. The second-order valence-electron chi connectivity index (χ2n) is 11.1. The van der Waals surface area contributed by atoms with E-state index in [1.165, 1.54) is 42.5 Å². The molecule has 0 saturated heterocycles. The van der Waals surface area contributed by atoms with Gasteiger partial charge in [-0.15, -0.1) is 0 Å². The Morgan fingerprint density at radius 1 is 0.750 bits per heavy atom. The number of sulfonamides is 2. The average Bonchev–Trinajstić information content (AvgIpc) is 3.04. The zero-order chi connectivity index (χ0) is 35.0. The third kappa shape index (κ3) is 6.43. The largest absolute Gasteiger partial charge is 0.455 e. The summed E-state index contributed by atoms with van der Waals surface area (Å²) in [4.78, 5) is 27.7. The second kappa shape index (κ2) is 13.5. The second-order valence-corrected chi connectivity index (χ2v) is 14.5. The van der Waals surface area contributed by atoms with E-state index >= 15 is 0 Å². The highest BCUT2D eigenvalue weighted by atomic mass is 32.2. The first-order valence-corrected chi connectivity index (χ1v) is 17.7. The minimum absolute atomic E-state index is 0.0129. The first-order chi connectivity index (χ1) is 22.7. The van der Waals surface area contributed by atoms with Crippen LogP contribution < -0.4 is 25.2 Å². The van der Waals surface area contributed by atoms with E-state index in [1.807, 2.05) is 0 Å². The highest BCUT2D eigenvalue weighted by Gasteiger charge is 2.36. The molecule has 5 rings (SSSR count). The number of fused-ring (bicyclic) bond motifs is 2. The van der Waals surface area contributed by atoms with Crippen molar-refractivity contribution in [3.63, 3.8) is 0 Å². The van der Waals surface area contributed by atoms with Crippen molar-refractivity contribution in [3.05, 3.63) is 99.6 Å². The summed E-state index contributed by atoms with van der Waals surface area (Å²) in [6.07, 6.45) is 0. The predicted molar refractivity (Wildman–Crippen MR) is 179 cm³/mol. The van der Waals surface area contributed by atoms with Crippen molar-refractivity contribution in [2.75, 3.05) is 37.4 Å². The van der Waals surface area contributed by atoms with Gasteiger partial charge >= 0.3 is 0 Å². The lowest BCUT2D eigenvalue weighted by Gasteiger charge is -2.25. The van der Waals surface area contributed by atoms with E-state index in [1.54, 1.807) is 39.0 Å². The molecule has 0 aliphatic heterocycles. The molecule has 0 fully saturated rings. The molecule has 0 atom stereocenters. The molecule has 1 aliphatic rings. The lowest BCUT2D eigenvalue weighted by Crippen LogP contribution is -2.28. The van der Waals surface area contributed by atoms with E-state index in [0.717, 1.165) is 0 Å². The van der Waals surface area contributed by atoms with Crippen molar-refractivity contribution in [2.24, 2.45) is 0 Å². The van der Waals surface area contributed by atoms with Gasteiger partial charge in [0.1, 0.15) is 5.75 Å². The number of hydrogen-bond acceptors (Lipinski definition) is 11. The molecule has 0 unspecified atom stereocenters. The van der Waals surface area contributed by atoms with Crippen LogP contribution in [0.5, 0.6) is 11.5 Å². The molecule has 4 aromatic carbocycles. The molecule has 13 nitrogen and oxygen atoms in total. The van der Waals surface area contributed by atoms with Crippen molar-refractivity contribution >= 4 is 48.7 Å². The van der Waals surface area contributed by atoms with Crippen LogP contribution in [0.4, 0.5) is 17.1 Å². The number of hydrogen-bond donors (Lipinski definition) is 6. The number of nitrogens with two attached hydrogens (primary N) is 1. The summed E-state index contributed by atoms with van der Waals surface area (Å²) in [6, 6.07) is 14.8. The van der Waals surface area contributed by atoms with Crippen LogP contribution in [0.1, 0.15) is 48.5 Å². The monoisotopic (exact) mass is 694 g/mol. The van der Waals surface area contributed by atoms with Gasteiger partial charge in [0.05, 0.1) is 45.5 Å². The van der Waals surface area contributed by atoms with Gasteiger partial charge in [0, 0.05) is 36.0 Å². The topological polar surface area (TPSA) is 214 Å². The maximum absolute atomic E-state index is 14.0. The van der Waals surface area contributed by atoms with Crippen molar-refractivity contribution in [3.8, 4) is 11.5 Å². The van der Waals surface area contributed by atoms with E-state index < -0.39 is 38.2 Å². The van der Waals surface area contributed by atoms with Crippen LogP contribution >= 0.6 is 0 Å². The molecular weight excluding hydrogens is 661 g/mol. The quantitative estimate of drug-likeness (QED) is 0.104. The van der Waals surface area contributed by atoms with E-state index in [2.05, 4.69) is 14.8 Å². The van der Waals surface area contributed by atoms with Gasteiger partial charge in [-0.05, 0) is 61.7 Å². The number of anilines is 3. The molecule has 15 heteroatoms. The summed E-state index contributed by atoms with van der Waals surface area (Å²) in [5, 5.41) is 21.4. The number of aliphatic hydroxyl groups excluding tert-OH is 2. The van der Waals surface area contributed by atoms with Crippen LogP contribution in [0, 0.1) is 20.8 Å². The fraction of sp³-hybridized carbons (Fsp3) is 0.212. The highest BCUT2D eigenvalue weighted by molar-refractivity contribution is 7.89. The Balaban J connectivity index is 1.66. The number of aliphatic hydroxyl groups is 2. The summed E-state index contributed by atoms with van der Waals surface area (Å²) < 4.78 is 62.0. The lowest BCUT2D eigenvalue weighted by atomic mass is 9.82. The molecule has 0 spiro atoms. The number of nitrogens with one attached hydrogen (secondary N) is 3. The Kier molecular flexibility index (Phi) is 9.73. The highest BCUT2D eigenvalue weighted by Crippen LogP contribution is 2.44. The summed E-state index contributed by atoms with van der Waals surface area (Å²) in [5.41, 5.74) is 8.49. The number of ether oxygens (including phenoxy) is 1. The first kappa shape index (κ1) is 34.7. The maximum Gasteiger partial charge on any atom is 0.241 e. The predicted octanol–water partition coefficient (Wildman–Crippen LogP) is 3.05.